The molecule has 178 valence electrons. The minimum absolute atomic E-state index is 0.187. The van der Waals surface area contributed by atoms with E-state index < -0.39 is 0 Å². The molecule has 7 rings (SSSR count). The fourth-order valence-corrected chi connectivity index (χ4v) is 6.29. The van der Waals surface area contributed by atoms with Crippen LogP contribution in [0.5, 0.6) is 0 Å². The van der Waals surface area contributed by atoms with Gasteiger partial charge in [0.15, 0.2) is 0 Å². The highest BCUT2D eigenvalue weighted by Gasteiger charge is 2.28. The fraction of sp³-hybridized carbons (Fsp3) is 0.111. The molecule has 1 aliphatic rings. The van der Waals surface area contributed by atoms with Gasteiger partial charge in [-0.1, -0.05) is 115 Å². The van der Waals surface area contributed by atoms with E-state index in [2.05, 4.69) is 115 Å². The molecular weight excluding hydrogens is 448 g/mol. The zero-order valence-electron chi connectivity index (χ0n) is 20.7. The number of hydrogen-bond acceptors (Lipinski definition) is 1. The van der Waals surface area contributed by atoms with Gasteiger partial charge in [0.1, 0.15) is 0 Å². The minimum atomic E-state index is 0.187. The van der Waals surface area contributed by atoms with Crippen LogP contribution >= 0.6 is 0 Å². The first-order valence-electron chi connectivity index (χ1n) is 13.2. The predicted octanol–water partition coefficient (Wildman–Crippen LogP) is 8.82. The van der Waals surface area contributed by atoms with Gasteiger partial charge in [0.2, 0.25) is 0 Å². The lowest BCUT2D eigenvalue weighted by atomic mass is 9.81. The van der Waals surface area contributed by atoms with Gasteiger partial charge in [-0.3, -0.25) is 0 Å². The smallest absolute Gasteiger partial charge is 0.0434 e. The number of aliphatic hydroxyl groups is 1. The number of aryl methyl sites for hydroxylation is 1. The summed E-state index contributed by atoms with van der Waals surface area (Å²) in [5, 5.41) is 14.9. The van der Waals surface area contributed by atoms with Crippen molar-refractivity contribution < 1.29 is 5.11 Å². The normalized spacial score (nSPS) is 12.1. The van der Waals surface area contributed by atoms with Gasteiger partial charge in [-0.2, -0.15) is 0 Å². The van der Waals surface area contributed by atoms with E-state index in [0.29, 0.717) is 0 Å². The van der Waals surface area contributed by atoms with Crippen LogP contribution < -0.4 is 0 Å². The van der Waals surface area contributed by atoms with Gasteiger partial charge in [-0.15, -0.1) is 0 Å². The predicted molar refractivity (Wildman–Crippen MR) is 156 cm³/mol. The molecule has 1 N–H and O–H groups in total. The molecule has 0 saturated carbocycles. The lowest BCUT2D eigenvalue weighted by molar-refractivity contribution is 0.288. The molecule has 0 unspecified atom stereocenters. The highest BCUT2D eigenvalue weighted by molar-refractivity contribution is 6.08. The van der Waals surface area contributed by atoms with Crippen molar-refractivity contribution in [1.82, 2.24) is 0 Å². The molecule has 6 aromatic carbocycles. The summed E-state index contributed by atoms with van der Waals surface area (Å²) in [6.45, 7) is 0.187. The van der Waals surface area contributed by atoms with Crippen LogP contribution in [0.4, 0.5) is 0 Å². The van der Waals surface area contributed by atoms with Gasteiger partial charge in [-0.05, 0) is 90.9 Å². The SMILES string of the molecule is OCCCc1cc2c(c(-c3cccc4ccccc34)c1-c1cccc3ccccc13)Cc1ccccc1-2. The summed E-state index contributed by atoms with van der Waals surface area (Å²) >= 11 is 0. The summed E-state index contributed by atoms with van der Waals surface area (Å²) in [4.78, 5) is 0. The van der Waals surface area contributed by atoms with Gasteiger partial charge in [0, 0.05) is 6.61 Å². The molecule has 0 fully saturated rings. The van der Waals surface area contributed by atoms with E-state index >= 15 is 0 Å². The van der Waals surface area contributed by atoms with E-state index in [1.807, 2.05) is 0 Å². The molecule has 0 saturated heterocycles. The Morgan fingerprint density at radius 2 is 1.11 bits per heavy atom. The molecule has 1 nitrogen and oxygen atoms in total. The Hall–Kier alpha value is -4.20. The van der Waals surface area contributed by atoms with E-state index in [0.717, 1.165) is 19.3 Å². The van der Waals surface area contributed by atoms with Crippen molar-refractivity contribution in [3.05, 3.63) is 132 Å². The summed E-state index contributed by atoms with van der Waals surface area (Å²) in [6, 6.07) is 42.1. The minimum Gasteiger partial charge on any atom is -0.396 e. The summed E-state index contributed by atoms with van der Waals surface area (Å²) in [6.07, 6.45) is 2.51. The monoisotopic (exact) mass is 476 g/mol. The molecule has 0 amide bonds. The lowest BCUT2D eigenvalue weighted by Gasteiger charge is -2.23. The molecule has 0 aliphatic heterocycles. The van der Waals surface area contributed by atoms with Crippen LogP contribution in [0.2, 0.25) is 0 Å². The Labute approximate surface area is 217 Å². The molecule has 37 heavy (non-hydrogen) atoms. The fourth-order valence-electron chi connectivity index (χ4n) is 6.29. The van der Waals surface area contributed by atoms with Crippen molar-refractivity contribution >= 4 is 21.5 Å². The highest BCUT2D eigenvalue weighted by Crippen LogP contribution is 2.50. The van der Waals surface area contributed by atoms with Crippen LogP contribution in [0, 0.1) is 0 Å². The van der Waals surface area contributed by atoms with Crippen molar-refractivity contribution in [3.8, 4) is 33.4 Å². The zero-order valence-corrected chi connectivity index (χ0v) is 20.7. The van der Waals surface area contributed by atoms with Gasteiger partial charge in [0.25, 0.3) is 0 Å². The Kier molecular flexibility index (Phi) is 5.38. The molecule has 1 aliphatic carbocycles. The average molecular weight is 477 g/mol. The van der Waals surface area contributed by atoms with Crippen LogP contribution in [0.25, 0.3) is 54.9 Å². The van der Waals surface area contributed by atoms with Crippen molar-refractivity contribution in [1.29, 1.82) is 0 Å². The van der Waals surface area contributed by atoms with Gasteiger partial charge in [-0.25, -0.2) is 0 Å². The summed E-state index contributed by atoms with van der Waals surface area (Å²) < 4.78 is 0. The summed E-state index contributed by atoms with van der Waals surface area (Å²) in [7, 11) is 0. The van der Waals surface area contributed by atoms with Crippen LogP contribution in [-0.4, -0.2) is 11.7 Å². The molecule has 0 bridgehead atoms. The van der Waals surface area contributed by atoms with Crippen LogP contribution in [-0.2, 0) is 12.8 Å². The third-order valence-corrected chi connectivity index (χ3v) is 7.91. The van der Waals surface area contributed by atoms with Crippen molar-refractivity contribution in [3.63, 3.8) is 0 Å². The van der Waals surface area contributed by atoms with E-state index in [9.17, 15) is 5.11 Å². The first-order chi connectivity index (χ1) is 18.3. The van der Waals surface area contributed by atoms with Crippen molar-refractivity contribution in [2.24, 2.45) is 0 Å². The molecular formula is C36H28O. The topological polar surface area (TPSA) is 20.2 Å². The third kappa shape index (κ3) is 3.58. The standard InChI is InChI=1S/C36H28O/c37-21-9-15-27-23-33-30-18-6-3-12-26(30)22-34(33)36(32-20-8-14-25-11-2-5-17-29(25)32)35(27)31-19-7-13-24-10-1-4-16-28(24)31/h1-8,10-14,16-20,23,37H,9,15,21-22H2. The number of fused-ring (bicyclic) bond motifs is 5. The second kappa shape index (κ2) is 9.03. The van der Waals surface area contributed by atoms with E-state index in [-0.39, 0.29) is 6.61 Å². The van der Waals surface area contributed by atoms with Gasteiger partial charge in [0.05, 0.1) is 0 Å². The Bertz CT molecular complexity index is 1780. The van der Waals surface area contributed by atoms with Gasteiger partial charge < -0.3 is 5.11 Å². The Balaban J connectivity index is 1.65. The highest BCUT2D eigenvalue weighted by atomic mass is 16.2. The average Bonchev–Trinajstić information content (AvgIpc) is 3.33. The van der Waals surface area contributed by atoms with Crippen LogP contribution in [0.15, 0.2) is 115 Å². The van der Waals surface area contributed by atoms with E-state index in [1.54, 1.807) is 0 Å². The zero-order chi connectivity index (χ0) is 24.8. The Morgan fingerprint density at radius 3 is 1.81 bits per heavy atom. The number of aliphatic hydroxyl groups excluding tert-OH is 1. The molecule has 0 atom stereocenters. The summed E-state index contributed by atoms with van der Waals surface area (Å²) in [5.41, 5.74) is 12.0. The largest absolute Gasteiger partial charge is 0.396 e. The number of benzene rings is 6. The first-order valence-corrected chi connectivity index (χ1v) is 13.2. The second-order valence-electron chi connectivity index (χ2n) is 10.0. The maximum atomic E-state index is 9.84. The molecule has 1 heteroatoms. The van der Waals surface area contributed by atoms with Crippen LogP contribution in [0.1, 0.15) is 23.1 Å². The number of hydrogen-bond donors (Lipinski definition) is 1. The quantitative estimate of drug-likeness (QED) is 0.263. The second-order valence-corrected chi connectivity index (χ2v) is 10.0. The maximum absolute atomic E-state index is 9.84. The lowest BCUT2D eigenvalue weighted by Crippen LogP contribution is -2.01. The first kappa shape index (κ1) is 22.0. The van der Waals surface area contributed by atoms with E-state index in [4.69, 9.17) is 0 Å². The summed E-state index contributed by atoms with van der Waals surface area (Å²) in [5.74, 6) is 0. The van der Waals surface area contributed by atoms with E-state index in [1.165, 1.54) is 71.6 Å². The molecule has 6 aromatic rings. The Morgan fingerprint density at radius 1 is 0.541 bits per heavy atom. The third-order valence-electron chi connectivity index (χ3n) is 7.91. The molecule has 0 heterocycles. The molecule has 0 aromatic heterocycles. The van der Waals surface area contributed by atoms with Crippen LogP contribution in [0.3, 0.4) is 0 Å². The van der Waals surface area contributed by atoms with Gasteiger partial charge >= 0.3 is 0 Å². The molecule has 0 radical (unpaired) electrons. The van der Waals surface area contributed by atoms with Crippen molar-refractivity contribution in [2.45, 2.75) is 19.3 Å². The van der Waals surface area contributed by atoms with Crippen molar-refractivity contribution in [2.75, 3.05) is 6.61 Å². The number of rotatable bonds is 5. The maximum Gasteiger partial charge on any atom is 0.0434 e. The molecule has 0 spiro atoms.